The quantitative estimate of drug-likeness (QED) is 0.762. The molecule has 0 fully saturated rings. The first-order valence-corrected chi connectivity index (χ1v) is 8.05. The van der Waals surface area contributed by atoms with E-state index in [4.69, 9.17) is 0 Å². The summed E-state index contributed by atoms with van der Waals surface area (Å²) in [5, 5.41) is 12.4. The van der Waals surface area contributed by atoms with E-state index in [1.807, 2.05) is 12.1 Å². The Morgan fingerprint density at radius 2 is 1.62 bits per heavy atom. The lowest BCUT2D eigenvalue weighted by atomic mass is 10.1. The fourth-order valence-electron chi connectivity index (χ4n) is 1.88. The average Bonchev–Trinajstić information content (AvgIpc) is 2.50. The van der Waals surface area contributed by atoms with Crippen LogP contribution in [0.2, 0.25) is 0 Å². The van der Waals surface area contributed by atoms with Crippen molar-refractivity contribution in [3.8, 4) is 5.75 Å². The second-order valence-corrected chi connectivity index (χ2v) is 6.46. The van der Waals surface area contributed by atoms with E-state index in [-0.39, 0.29) is 10.6 Å². The van der Waals surface area contributed by atoms with Crippen molar-refractivity contribution in [2.75, 3.05) is 18.9 Å². The molecule has 2 aromatic carbocycles. The maximum Gasteiger partial charge on any atom is 0.240 e. The van der Waals surface area contributed by atoms with Crippen LogP contribution < -0.4 is 10.0 Å². The molecule has 0 aromatic heterocycles. The molecule has 112 valence electrons. The zero-order valence-electron chi connectivity index (χ0n) is 11.7. The van der Waals surface area contributed by atoms with Crippen molar-refractivity contribution in [1.82, 2.24) is 4.72 Å². The number of rotatable bonds is 6. The van der Waals surface area contributed by atoms with Crippen molar-refractivity contribution >= 4 is 15.7 Å². The van der Waals surface area contributed by atoms with E-state index in [1.165, 1.54) is 7.05 Å². The van der Waals surface area contributed by atoms with Crippen LogP contribution >= 0.6 is 0 Å². The standard InChI is InChI=1S/C15H18N2O3S/c1-16-21(19,20)15-8-4-13(5-9-15)17-11-10-12-2-6-14(18)7-3-12/h2-9,16-18H,10-11H2,1H3. The first-order valence-electron chi connectivity index (χ1n) is 6.57. The zero-order valence-corrected chi connectivity index (χ0v) is 12.5. The SMILES string of the molecule is CNS(=O)(=O)c1ccc(NCCc2ccc(O)cc2)cc1. The summed E-state index contributed by atoms with van der Waals surface area (Å²) in [5.74, 6) is 0.257. The van der Waals surface area contributed by atoms with E-state index < -0.39 is 10.0 Å². The van der Waals surface area contributed by atoms with Crippen molar-refractivity contribution in [2.24, 2.45) is 0 Å². The van der Waals surface area contributed by atoms with Crippen LogP contribution in [0.3, 0.4) is 0 Å². The Balaban J connectivity index is 1.91. The van der Waals surface area contributed by atoms with Crippen LogP contribution in [0.4, 0.5) is 5.69 Å². The highest BCUT2D eigenvalue weighted by molar-refractivity contribution is 7.89. The number of nitrogens with one attached hydrogen (secondary N) is 2. The summed E-state index contributed by atoms with van der Waals surface area (Å²) in [4.78, 5) is 0.245. The highest BCUT2D eigenvalue weighted by Gasteiger charge is 2.09. The molecule has 0 aliphatic carbocycles. The highest BCUT2D eigenvalue weighted by Crippen LogP contribution is 2.14. The summed E-state index contributed by atoms with van der Waals surface area (Å²) in [7, 11) is -2.00. The summed E-state index contributed by atoms with van der Waals surface area (Å²) in [6.07, 6.45) is 0.816. The van der Waals surface area contributed by atoms with Gasteiger partial charge in [0.2, 0.25) is 10.0 Å². The van der Waals surface area contributed by atoms with Crippen LogP contribution in [0, 0.1) is 0 Å². The van der Waals surface area contributed by atoms with Crippen LogP contribution in [0.5, 0.6) is 5.75 Å². The monoisotopic (exact) mass is 306 g/mol. The zero-order chi connectivity index (χ0) is 15.3. The largest absolute Gasteiger partial charge is 0.508 e. The summed E-state index contributed by atoms with van der Waals surface area (Å²) in [6.45, 7) is 0.725. The molecule has 0 radical (unpaired) electrons. The lowest BCUT2D eigenvalue weighted by Crippen LogP contribution is -2.18. The van der Waals surface area contributed by atoms with Gasteiger partial charge >= 0.3 is 0 Å². The van der Waals surface area contributed by atoms with Crippen LogP contribution in [-0.4, -0.2) is 27.1 Å². The molecule has 21 heavy (non-hydrogen) atoms. The van der Waals surface area contributed by atoms with E-state index in [2.05, 4.69) is 10.0 Å². The summed E-state index contributed by atoms with van der Waals surface area (Å²) in [6, 6.07) is 13.7. The molecule has 0 aliphatic heterocycles. The molecular formula is C15H18N2O3S. The summed E-state index contributed by atoms with van der Waals surface area (Å²) >= 11 is 0. The van der Waals surface area contributed by atoms with Gasteiger partial charge in [-0.1, -0.05) is 12.1 Å². The van der Waals surface area contributed by atoms with E-state index in [9.17, 15) is 13.5 Å². The number of phenols is 1. The first-order chi connectivity index (χ1) is 10.0. The van der Waals surface area contributed by atoms with Gasteiger partial charge in [0.1, 0.15) is 5.75 Å². The summed E-state index contributed by atoms with van der Waals surface area (Å²) in [5.41, 5.74) is 1.98. The van der Waals surface area contributed by atoms with Gasteiger partial charge in [0.05, 0.1) is 4.90 Å². The molecule has 2 aromatic rings. The first kappa shape index (κ1) is 15.3. The Bertz CT molecular complexity index is 680. The lowest BCUT2D eigenvalue weighted by molar-refractivity contribution is 0.475. The topological polar surface area (TPSA) is 78.4 Å². The lowest BCUT2D eigenvalue weighted by Gasteiger charge is -2.08. The van der Waals surface area contributed by atoms with Crippen LogP contribution in [0.1, 0.15) is 5.56 Å². The third kappa shape index (κ3) is 4.21. The van der Waals surface area contributed by atoms with Crippen LogP contribution in [-0.2, 0) is 16.4 Å². The Hall–Kier alpha value is -2.05. The molecule has 5 nitrogen and oxygen atoms in total. The highest BCUT2D eigenvalue weighted by atomic mass is 32.2. The average molecular weight is 306 g/mol. The predicted octanol–water partition coefficient (Wildman–Crippen LogP) is 1.95. The number of hydrogen-bond donors (Lipinski definition) is 3. The van der Waals surface area contributed by atoms with Crippen molar-refractivity contribution < 1.29 is 13.5 Å². The van der Waals surface area contributed by atoms with E-state index in [1.54, 1.807) is 36.4 Å². The van der Waals surface area contributed by atoms with E-state index in [0.717, 1.165) is 24.2 Å². The molecule has 3 N–H and O–H groups in total. The minimum atomic E-state index is -3.38. The molecular weight excluding hydrogens is 288 g/mol. The van der Waals surface area contributed by atoms with Crippen molar-refractivity contribution in [3.63, 3.8) is 0 Å². The molecule has 0 aliphatic rings. The number of aromatic hydroxyl groups is 1. The molecule has 0 atom stereocenters. The minimum absolute atomic E-state index is 0.245. The Morgan fingerprint density at radius 3 is 2.19 bits per heavy atom. The summed E-state index contributed by atoms with van der Waals surface area (Å²) < 4.78 is 25.5. The molecule has 0 bridgehead atoms. The molecule has 2 rings (SSSR count). The Labute approximate surface area is 124 Å². The molecule has 0 unspecified atom stereocenters. The molecule has 0 saturated heterocycles. The maximum absolute atomic E-state index is 11.6. The van der Waals surface area contributed by atoms with Gasteiger partial charge in [0.15, 0.2) is 0 Å². The van der Waals surface area contributed by atoms with Crippen molar-refractivity contribution in [3.05, 3.63) is 54.1 Å². The van der Waals surface area contributed by atoms with Crippen molar-refractivity contribution in [2.45, 2.75) is 11.3 Å². The number of sulfonamides is 1. The Morgan fingerprint density at radius 1 is 1.00 bits per heavy atom. The van der Waals surface area contributed by atoms with Gasteiger partial charge in [-0.3, -0.25) is 0 Å². The molecule has 0 saturated carbocycles. The Kier molecular flexibility index (Phi) is 4.82. The maximum atomic E-state index is 11.6. The second kappa shape index (κ2) is 6.60. The van der Waals surface area contributed by atoms with Gasteiger partial charge < -0.3 is 10.4 Å². The van der Waals surface area contributed by atoms with Gasteiger partial charge in [-0.25, -0.2) is 13.1 Å². The normalized spacial score (nSPS) is 11.3. The van der Waals surface area contributed by atoms with Crippen LogP contribution in [0.15, 0.2) is 53.4 Å². The van der Waals surface area contributed by atoms with E-state index >= 15 is 0 Å². The molecule has 0 heterocycles. The fraction of sp³-hybridized carbons (Fsp3) is 0.200. The molecule has 0 spiro atoms. The second-order valence-electron chi connectivity index (χ2n) is 4.58. The van der Waals surface area contributed by atoms with Crippen molar-refractivity contribution in [1.29, 1.82) is 0 Å². The third-order valence-corrected chi connectivity index (χ3v) is 4.54. The van der Waals surface area contributed by atoms with E-state index in [0.29, 0.717) is 0 Å². The van der Waals surface area contributed by atoms with Gasteiger partial charge in [0, 0.05) is 12.2 Å². The smallest absolute Gasteiger partial charge is 0.240 e. The predicted molar refractivity (Wildman–Crippen MR) is 83.0 cm³/mol. The van der Waals surface area contributed by atoms with Gasteiger partial charge in [-0.05, 0) is 55.4 Å². The van der Waals surface area contributed by atoms with Crippen LogP contribution in [0.25, 0.3) is 0 Å². The number of hydrogen-bond acceptors (Lipinski definition) is 4. The van der Waals surface area contributed by atoms with Gasteiger partial charge in [-0.2, -0.15) is 0 Å². The number of phenolic OH excluding ortho intramolecular Hbond substituents is 1. The fourth-order valence-corrected chi connectivity index (χ4v) is 2.61. The van der Waals surface area contributed by atoms with Gasteiger partial charge in [-0.15, -0.1) is 0 Å². The van der Waals surface area contributed by atoms with Gasteiger partial charge in [0.25, 0.3) is 0 Å². The minimum Gasteiger partial charge on any atom is -0.508 e. The number of anilines is 1. The third-order valence-electron chi connectivity index (χ3n) is 3.11. The number of benzene rings is 2. The molecule has 0 amide bonds. The molecule has 6 heteroatoms.